The van der Waals surface area contributed by atoms with E-state index >= 15 is 0 Å². The Labute approximate surface area is 166 Å². The minimum Gasteiger partial charge on any atom is -0.457 e. The molecule has 0 spiro atoms. The molecule has 0 saturated heterocycles. The summed E-state index contributed by atoms with van der Waals surface area (Å²) in [4.78, 5) is 2.99. The predicted octanol–water partition coefficient (Wildman–Crippen LogP) is 4.51. The van der Waals surface area contributed by atoms with Gasteiger partial charge in [0.25, 0.3) is 5.82 Å². The lowest BCUT2D eigenvalue weighted by molar-refractivity contribution is -0.364. The van der Waals surface area contributed by atoms with Gasteiger partial charge in [-0.1, -0.05) is 12.1 Å². The van der Waals surface area contributed by atoms with Crippen LogP contribution in [0.2, 0.25) is 0 Å². The number of aromatic nitrogens is 1. The molecule has 0 atom stereocenters. The van der Waals surface area contributed by atoms with Gasteiger partial charge in [0.15, 0.2) is 5.69 Å². The van der Waals surface area contributed by atoms with Gasteiger partial charge in [-0.25, -0.2) is 9.37 Å². The van der Waals surface area contributed by atoms with Gasteiger partial charge in [0.05, 0.1) is 0 Å². The van der Waals surface area contributed by atoms with Crippen LogP contribution in [0.3, 0.4) is 0 Å². The minimum absolute atomic E-state index is 0.233. The monoisotopic (exact) mass is 383 g/mol. The van der Waals surface area contributed by atoms with E-state index in [0.717, 1.165) is 16.7 Å². The Hall–Kier alpha value is -4.16. The number of aromatic amines is 1. The third-order valence-corrected chi connectivity index (χ3v) is 5.07. The van der Waals surface area contributed by atoms with Crippen LogP contribution in [-0.2, 0) is 0 Å². The molecule has 2 aromatic heterocycles. The SMILES string of the molecule is CC1=C(C#N)c2[nH+]c(N)c(C#N)c(C)c2/C1=C/c1ccc(-c2cccc(F)c2)o1. The molecule has 0 unspecified atom stereocenters. The summed E-state index contributed by atoms with van der Waals surface area (Å²) in [6.07, 6.45) is 1.82. The summed E-state index contributed by atoms with van der Waals surface area (Å²) < 4.78 is 19.4. The Bertz CT molecular complexity index is 1320. The fraction of sp³-hybridized carbons (Fsp3) is 0.0870. The zero-order valence-electron chi connectivity index (χ0n) is 15.8. The number of nitrogens with zero attached hydrogens (tertiary/aromatic N) is 2. The number of nitriles is 2. The van der Waals surface area contributed by atoms with Gasteiger partial charge in [-0.05, 0) is 60.9 Å². The fourth-order valence-corrected chi connectivity index (χ4v) is 3.64. The maximum absolute atomic E-state index is 13.5. The highest BCUT2D eigenvalue weighted by Gasteiger charge is 2.32. The Balaban J connectivity index is 1.87. The number of halogens is 1. The normalized spacial score (nSPS) is 14.0. The van der Waals surface area contributed by atoms with E-state index in [-0.39, 0.29) is 11.6 Å². The third-order valence-electron chi connectivity index (χ3n) is 5.07. The molecular weight excluding hydrogens is 367 g/mol. The van der Waals surface area contributed by atoms with Crippen LogP contribution in [0.5, 0.6) is 0 Å². The number of nitrogen functional groups attached to an aromatic ring is 1. The summed E-state index contributed by atoms with van der Waals surface area (Å²) in [6, 6.07) is 14.0. The predicted molar refractivity (Wildman–Crippen MR) is 107 cm³/mol. The fourth-order valence-electron chi connectivity index (χ4n) is 3.64. The number of pyridine rings is 1. The molecule has 1 aliphatic carbocycles. The summed E-state index contributed by atoms with van der Waals surface area (Å²) in [7, 11) is 0. The lowest BCUT2D eigenvalue weighted by atomic mass is 9.96. The summed E-state index contributed by atoms with van der Waals surface area (Å²) in [6.45, 7) is 3.65. The maximum atomic E-state index is 13.5. The van der Waals surface area contributed by atoms with Crippen molar-refractivity contribution in [1.29, 1.82) is 10.5 Å². The third kappa shape index (κ3) is 2.88. The molecule has 6 heteroatoms. The topological polar surface area (TPSA) is 101 Å². The molecule has 140 valence electrons. The van der Waals surface area contributed by atoms with Crippen LogP contribution in [-0.4, -0.2) is 0 Å². The molecule has 4 rings (SSSR count). The summed E-state index contributed by atoms with van der Waals surface area (Å²) in [5.41, 5.74) is 11.0. The molecule has 1 aliphatic rings. The molecule has 3 N–H and O–H groups in total. The van der Waals surface area contributed by atoms with Crippen LogP contribution in [0.15, 0.2) is 46.4 Å². The van der Waals surface area contributed by atoms with Crippen LogP contribution < -0.4 is 10.7 Å². The van der Waals surface area contributed by atoms with E-state index in [0.29, 0.717) is 39.5 Å². The molecule has 0 bridgehead atoms. The Morgan fingerprint density at radius 2 is 1.93 bits per heavy atom. The zero-order chi connectivity index (χ0) is 20.7. The standard InChI is InChI=1S/C23H15FN4O/c1-12-17(9-16-6-7-20(29-16)14-4-3-5-15(24)8-14)21-13(2)19(11-26)23(27)28-22(21)18(12)10-25/h3-9H,1-2H3,(H2,27,28)/p+1/b17-9+. The van der Waals surface area contributed by atoms with Crippen LogP contribution in [0.4, 0.5) is 10.2 Å². The van der Waals surface area contributed by atoms with Crippen LogP contribution >= 0.6 is 0 Å². The summed E-state index contributed by atoms with van der Waals surface area (Å²) >= 11 is 0. The number of allylic oxidation sites excluding steroid dienone is 3. The van der Waals surface area contributed by atoms with Crippen molar-refractivity contribution >= 4 is 23.0 Å². The van der Waals surface area contributed by atoms with Crippen LogP contribution in [0, 0.1) is 35.4 Å². The average Bonchev–Trinajstić information content (AvgIpc) is 3.25. The number of nitrogens with two attached hydrogens (primary N) is 1. The molecule has 5 nitrogen and oxygen atoms in total. The second-order valence-corrected chi connectivity index (χ2v) is 6.78. The largest absolute Gasteiger partial charge is 0.457 e. The van der Waals surface area contributed by atoms with E-state index in [1.54, 1.807) is 24.3 Å². The second kappa shape index (κ2) is 6.78. The minimum atomic E-state index is -0.339. The van der Waals surface area contributed by atoms with Crippen LogP contribution in [0.1, 0.15) is 35.1 Å². The Morgan fingerprint density at radius 1 is 1.14 bits per heavy atom. The first-order valence-corrected chi connectivity index (χ1v) is 8.89. The van der Waals surface area contributed by atoms with E-state index in [1.165, 1.54) is 12.1 Å². The summed E-state index contributed by atoms with van der Waals surface area (Å²) in [5.74, 6) is 0.985. The van der Waals surface area contributed by atoms with Crippen molar-refractivity contribution < 1.29 is 13.8 Å². The number of hydrogen-bond donors (Lipinski definition) is 1. The number of furan rings is 1. The molecule has 0 fully saturated rings. The van der Waals surface area contributed by atoms with Crippen LogP contribution in [0.25, 0.3) is 28.5 Å². The molecule has 3 aromatic rings. The number of benzene rings is 1. The summed E-state index contributed by atoms with van der Waals surface area (Å²) in [5, 5.41) is 19.1. The van der Waals surface area contributed by atoms with E-state index in [1.807, 2.05) is 19.9 Å². The molecule has 0 radical (unpaired) electrons. The Kier molecular flexibility index (Phi) is 4.26. The van der Waals surface area contributed by atoms with Gasteiger partial charge < -0.3 is 4.42 Å². The highest BCUT2D eigenvalue weighted by atomic mass is 19.1. The molecule has 0 aliphatic heterocycles. The molecule has 0 saturated carbocycles. The number of fused-ring (bicyclic) bond motifs is 1. The highest BCUT2D eigenvalue weighted by Crippen LogP contribution is 2.43. The molecule has 1 aromatic carbocycles. The molecule has 2 heterocycles. The van der Waals surface area contributed by atoms with E-state index in [9.17, 15) is 14.9 Å². The van der Waals surface area contributed by atoms with Crippen molar-refractivity contribution in [3.8, 4) is 23.5 Å². The van der Waals surface area contributed by atoms with Crippen molar-refractivity contribution in [3.63, 3.8) is 0 Å². The van der Waals surface area contributed by atoms with Gasteiger partial charge in [0.2, 0.25) is 0 Å². The van der Waals surface area contributed by atoms with Crippen molar-refractivity contribution in [2.75, 3.05) is 5.73 Å². The number of nitrogens with one attached hydrogen (secondary N) is 1. The van der Waals surface area contributed by atoms with Gasteiger partial charge in [0, 0.05) is 11.1 Å². The number of anilines is 1. The molecular formula is C23H16FN4O+. The smallest absolute Gasteiger partial charge is 0.289 e. The van der Waals surface area contributed by atoms with Gasteiger partial charge >= 0.3 is 0 Å². The lowest BCUT2D eigenvalue weighted by Crippen LogP contribution is -2.20. The first-order valence-electron chi connectivity index (χ1n) is 8.89. The van der Waals surface area contributed by atoms with E-state index in [4.69, 9.17) is 10.2 Å². The number of H-pyrrole nitrogens is 1. The quantitative estimate of drug-likeness (QED) is 0.703. The number of hydrogen-bond acceptors (Lipinski definition) is 4. The maximum Gasteiger partial charge on any atom is 0.289 e. The average molecular weight is 383 g/mol. The highest BCUT2D eigenvalue weighted by molar-refractivity contribution is 6.07. The molecule has 0 amide bonds. The Morgan fingerprint density at radius 3 is 2.62 bits per heavy atom. The van der Waals surface area contributed by atoms with Crippen molar-refractivity contribution in [2.24, 2.45) is 0 Å². The first-order chi connectivity index (χ1) is 13.9. The molecule has 29 heavy (non-hydrogen) atoms. The number of rotatable bonds is 2. The van der Waals surface area contributed by atoms with Gasteiger partial charge in [0.1, 0.15) is 40.6 Å². The van der Waals surface area contributed by atoms with Gasteiger partial charge in [-0.2, -0.15) is 10.5 Å². The van der Waals surface area contributed by atoms with E-state index in [2.05, 4.69) is 17.1 Å². The zero-order valence-corrected chi connectivity index (χ0v) is 15.8. The van der Waals surface area contributed by atoms with Gasteiger partial charge in [-0.3, -0.25) is 5.73 Å². The van der Waals surface area contributed by atoms with Crippen molar-refractivity contribution in [2.45, 2.75) is 13.8 Å². The van der Waals surface area contributed by atoms with Crippen molar-refractivity contribution in [3.05, 3.63) is 75.9 Å². The van der Waals surface area contributed by atoms with Crippen molar-refractivity contribution in [1.82, 2.24) is 0 Å². The van der Waals surface area contributed by atoms with E-state index < -0.39 is 0 Å². The van der Waals surface area contributed by atoms with Gasteiger partial charge in [-0.15, -0.1) is 0 Å². The first kappa shape index (κ1) is 18.2. The lowest BCUT2D eigenvalue weighted by Gasteiger charge is -2.07. The second-order valence-electron chi connectivity index (χ2n) is 6.78.